The van der Waals surface area contributed by atoms with Crippen LogP contribution in [0.4, 0.5) is 0 Å². The Hall–Kier alpha value is -3.49. The Labute approximate surface area is 187 Å². The van der Waals surface area contributed by atoms with E-state index < -0.39 is 0 Å². The lowest BCUT2D eigenvalue weighted by Crippen LogP contribution is -2.40. The van der Waals surface area contributed by atoms with Gasteiger partial charge in [0, 0.05) is 44.6 Å². The van der Waals surface area contributed by atoms with Gasteiger partial charge in [-0.2, -0.15) is 5.10 Å². The minimum atomic E-state index is 0.396. The molecule has 1 aliphatic heterocycles. The third-order valence-electron chi connectivity index (χ3n) is 5.55. The highest BCUT2D eigenvalue weighted by molar-refractivity contribution is 5.80. The number of hydrogen-bond donors (Lipinski definition) is 2. The zero-order valence-electron chi connectivity index (χ0n) is 18.8. The molecule has 0 amide bonds. The smallest absolute Gasteiger partial charge is 0.216 e. The van der Waals surface area contributed by atoms with Gasteiger partial charge >= 0.3 is 0 Å². The predicted octanol–water partition coefficient (Wildman–Crippen LogP) is 3.08. The summed E-state index contributed by atoms with van der Waals surface area (Å²) < 4.78 is 16.2. The number of rotatable bonds is 8. The first-order valence-electron chi connectivity index (χ1n) is 10.9. The summed E-state index contributed by atoms with van der Waals surface area (Å²) in [6.07, 6.45) is 3.34. The summed E-state index contributed by atoms with van der Waals surface area (Å²) in [4.78, 5) is 11.6. The Morgan fingerprint density at radius 2 is 2.09 bits per heavy atom. The molecule has 0 radical (unpaired) electrons. The number of aromatic amines is 1. The highest BCUT2D eigenvalue weighted by atomic mass is 16.5. The topological polar surface area (TPSA) is 101 Å². The third kappa shape index (κ3) is 5.04. The first-order valence-corrected chi connectivity index (χ1v) is 10.9. The molecule has 1 aliphatic rings. The summed E-state index contributed by atoms with van der Waals surface area (Å²) in [5, 5.41) is 10.6. The van der Waals surface area contributed by atoms with Crippen LogP contribution < -0.4 is 14.8 Å². The van der Waals surface area contributed by atoms with Crippen molar-refractivity contribution in [2.45, 2.75) is 25.7 Å². The number of ether oxygens (including phenoxy) is 2. The Morgan fingerprint density at radius 3 is 2.78 bits per heavy atom. The Balaban J connectivity index is 1.39. The molecule has 1 saturated heterocycles. The molecule has 0 saturated carbocycles. The lowest BCUT2D eigenvalue weighted by Gasteiger charge is -2.22. The molecule has 2 aromatic heterocycles. The number of methoxy groups -OCH3 is 2. The molecule has 0 bridgehead atoms. The highest BCUT2D eigenvalue weighted by Crippen LogP contribution is 2.32. The third-order valence-corrected chi connectivity index (χ3v) is 5.55. The minimum absolute atomic E-state index is 0.396. The van der Waals surface area contributed by atoms with Gasteiger partial charge < -0.3 is 24.1 Å². The zero-order valence-corrected chi connectivity index (χ0v) is 18.8. The van der Waals surface area contributed by atoms with E-state index in [0.29, 0.717) is 30.5 Å². The van der Waals surface area contributed by atoms with E-state index in [1.165, 1.54) is 5.56 Å². The maximum absolute atomic E-state index is 5.44. The highest BCUT2D eigenvalue weighted by Gasteiger charge is 2.27. The van der Waals surface area contributed by atoms with Crippen LogP contribution in [0.5, 0.6) is 11.5 Å². The number of benzene rings is 1. The molecule has 2 N–H and O–H groups in total. The Kier molecular flexibility index (Phi) is 6.94. The molecule has 1 atom stereocenters. The van der Waals surface area contributed by atoms with Gasteiger partial charge in [-0.15, -0.1) is 0 Å². The number of guanidine groups is 1. The van der Waals surface area contributed by atoms with Crippen LogP contribution in [0.2, 0.25) is 0 Å². The number of nitrogens with one attached hydrogen (secondary N) is 2. The number of likely N-dealkylation sites (tertiary alicyclic amines) is 1. The summed E-state index contributed by atoms with van der Waals surface area (Å²) in [5.74, 6) is 4.97. The monoisotopic (exact) mass is 438 g/mol. The number of nitrogens with zero attached hydrogens (tertiary/aromatic N) is 4. The molecule has 9 nitrogen and oxygen atoms in total. The standard InChI is InChI=1S/C23H30N6O3/c1-4-24-23(25-9-7-21-26-22(28-27-21)20-6-5-11-32-20)29-10-8-16(15-29)17-12-18(30-2)14-19(13-17)31-3/h5-6,11-14,16H,4,7-10,15H2,1-3H3,(H,24,25)(H,26,27,28). The Morgan fingerprint density at radius 1 is 1.28 bits per heavy atom. The number of aromatic nitrogens is 3. The first kappa shape index (κ1) is 21.7. The number of H-pyrrole nitrogens is 1. The van der Waals surface area contributed by atoms with Crippen LogP contribution in [0.1, 0.15) is 30.7 Å². The second-order valence-electron chi connectivity index (χ2n) is 7.65. The zero-order chi connectivity index (χ0) is 22.3. The summed E-state index contributed by atoms with van der Waals surface area (Å²) in [5.41, 5.74) is 1.23. The summed E-state index contributed by atoms with van der Waals surface area (Å²) in [7, 11) is 3.36. The van der Waals surface area contributed by atoms with Gasteiger partial charge in [-0.05, 0) is 43.2 Å². The molecule has 9 heteroatoms. The van der Waals surface area contributed by atoms with E-state index in [1.807, 2.05) is 18.2 Å². The van der Waals surface area contributed by atoms with E-state index >= 15 is 0 Å². The molecule has 0 spiro atoms. The average Bonchev–Trinajstić information content (AvgIpc) is 3.59. The van der Waals surface area contributed by atoms with Gasteiger partial charge in [-0.3, -0.25) is 10.1 Å². The molecule has 1 aromatic carbocycles. The lowest BCUT2D eigenvalue weighted by molar-refractivity contribution is 0.392. The van der Waals surface area contributed by atoms with Crippen molar-refractivity contribution in [1.29, 1.82) is 0 Å². The number of aliphatic imine (C=N–C) groups is 1. The van der Waals surface area contributed by atoms with Gasteiger partial charge in [-0.1, -0.05) is 0 Å². The lowest BCUT2D eigenvalue weighted by atomic mass is 9.98. The van der Waals surface area contributed by atoms with E-state index in [0.717, 1.165) is 49.3 Å². The molecule has 1 unspecified atom stereocenters. The van der Waals surface area contributed by atoms with Crippen molar-refractivity contribution < 1.29 is 13.9 Å². The van der Waals surface area contributed by atoms with E-state index in [2.05, 4.69) is 44.5 Å². The second-order valence-corrected chi connectivity index (χ2v) is 7.65. The molecule has 170 valence electrons. The van der Waals surface area contributed by atoms with Crippen molar-refractivity contribution in [2.24, 2.45) is 4.99 Å². The van der Waals surface area contributed by atoms with Crippen LogP contribution in [0.15, 0.2) is 46.0 Å². The average molecular weight is 439 g/mol. The van der Waals surface area contributed by atoms with Crippen LogP contribution in [0, 0.1) is 0 Å². The van der Waals surface area contributed by atoms with Gasteiger partial charge in [0.2, 0.25) is 5.82 Å². The van der Waals surface area contributed by atoms with Crippen molar-refractivity contribution in [2.75, 3.05) is 40.4 Å². The summed E-state index contributed by atoms with van der Waals surface area (Å²) in [6, 6.07) is 9.77. The molecule has 3 aromatic rings. The molecule has 32 heavy (non-hydrogen) atoms. The van der Waals surface area contributed by atoms with Crippen molar-refractivity contribution in [1.82, 2.24) is 25.4 Å². The maximum Gasteiger partial charge on any atom is 0.216 e. The molecular weight excluding hydrogens is 408 g/mol. The first-order chi connectivity index (χ1) is 15.7. The van der Waals surface area contributed by atoms with Crippen LogP contribution in [0.3, 0.4) is 0 Å². The predicted molar refractivity (Wildman–Crippen MR) is 122 cm³/mol. The van der Waals surface area contributed by atoms with Crippen molar-refractivity contribution in [3.63, 3.8) is 0 Å². The van der Waals surface area contributed by atoms with Crippen LogP contribution in [-0.2, 0) is 6.42 Å². The fourth-order valence-electron chi connectivity index (χ4n) is 3.91. The number of furan rings is 1. The SMILES string of the molecule is CCNC(=NCCc1nc(-c2ccco2)n[nH]1)N1CCC(c2cc(OC)cc(OC)c2)C1. The van der Waals surface area contributed by atoms with Gasteiger partial charge in [0.05, 0.1) is 20.5 Å². The number of hydrogen-bond acceptors (Lipinski definition) is 6. The fourth-order valence-corrected chi connectivity index (χ4v) is 3.91. The molecule has 4 rings (SSSR count). The molecule has 0 aliphatic carbocycles. The summed E-state index contributed by atoms with van der Waals surface area (Å²) in [6.45, 7) is 5.36. The molecular formula is C23H30N6O3. The van der Waals surface area contributed by atoms with Crippen molar-refractivity contribution in [3.05, 3.63) is 48.0 Å². The van der Waals surface area contributed by atoms with Crippen molar-refractivity contribution >= 4 is 5.96 Å². The molecule has 3 heterocycles. The summed E-state index contributed by atoms with van der Waals surface area (Å²) >= 11 is 0. The normalized spacial score (nSPS) is 16.4. The minimum Gasteiger partial charge on any atom is -0.497 e. The maximum atomic E-state index is 5.44. The second kappa shape index (κ2) is 10.2. The van der Waals surface area contributed by atoms with Crippen molar-refractivity contribution in [3.8, 4) is 23.1 Å². The van der Waals surface area contributed by atoms with Gasteiger partial charge in [-0.25, -0.2) is 4.98 Å². The van der Waals surface area contributed by atoms with Crippen LogP contribution in [0.25, 0.3) is 11.6 Å². The van der Waals surface area contributed by atoms with Gasteiger partial charge in [0.1, 0.15) is 17.3 Å². The largest absolute Gasteiger partial charge is 0.497 e. The van der Waals surface area contributed by atoms with E-state index in [1.54, 1.807) is 20.5 Å². The van der Waals surface area contributed by atoms with Gasteiger partial charge in [0.15, 0.2) is 11.7 Å². The van der Waals surface area contributed by atoms with Crippen LogP contribution >= 0.6 is 0 Å². The molecule has 1 fully saturated rings. The van der Waals surface area contributed by atoms with E-state index in [4.69, 9.17) is 18.9 Å². The Bertz CT molecular complexity index is 1010. The quantitative estimate of drug-likeness (QED) is 0.412. The fraction of sp³-hybridized carbons (Fsp3) is 0.435. The van der Waals surface area contributed by atoms with Gasteiger partial charge in [0.25, 0.3) is 0 Å². The van der Waals surface area contributed by atoms with E-state index in [-0.39, 0.29) is 0 Å². The van der Waals surface area contributed by atoms with Crippen LogP contribution in [-0.4, -0.2) is 66.4 Å². The van der Waals surface area contributed by atoms with E-state index in [9.17, 15) is 0 Å².